The van der Waals surface area contributed by atoms with Gasteiger partial charge < -0.3 is 9.47 Å². The summed E-state index contributed by atoms with van der Waals surface area (Å²) in [4.78, 5) is 0. The summed E-state index contributed by atoms with van der Waals surface area (Å²) in [6, 6.07) is 0. The second-order valence-electron chi connectivity index (χ2n) is 2.80. The van der Waals surface area contributed by atoms with Crippen molar-refractivity contribution in [2.45, 2.75) is 33.0 Å². The highest BCUT2D eigenvalue weighted by Gasteiger charge is 2.13. The molecular weight excluding hydrogens is 144 g/mol. The van der Waals surface area contributed by atoms with Gasteiger partial charge in [0.15, 0.2) is 5.79 Å². The van der Waals surface area contributed by atoms with Crippen molar-refractivity contribution in [2.75, 3.05) is 19.8 Å². The zero-order chi connectivity index (χ0) is 8.74. The summed E-state index contributed by atoms with van der Waals surface area (Å²) < 4.78 is 10.0. The smallest absolute Gasteiger partial charge is 0.196 e. The highest BCUT2D eigenvalue weighted by Crippen LogP contribution is 2.04. The third-order valence-corrected chi connectivity index (χ3v) is 1.09. The lowest BCUT2D eigenvalue weighted by molar-refractivity contribution is -0.216. The summed E-state index contributed by atoms with van der Waals surface area (Å²) >= 11 is 0. The molecule has 0 atom stereocenters. The van der Waals surface area contributed by atoms with Crippen LogP contribution in [0.15, 0.2) is 0 Å². The van der Waals surface area contributed by atoms with Crippen molar-refractivity contribution < 1.29 is 14.6 Å². The molecule has 0 aliphatic carbocycles. The summed E-state index contributed by atoms with van der Waals surface area (Å²) in [6.07, 6.45) is 0.791. The molecule has 0 aromatic heterocycles. The number of ether oxygens (including phenoxy) is 2. The van der Waals surface area contributed by atoms with Crippen LogP contribution in [0.25, 0.3) is 0 Å². The van der Waals surface area contributed by atoms with E-state index in [4.69, 9.17) is 9.47 Å². The van der Waals surface area contributed by atoms with Gasteiger partial charge in [-0.25, -0.2) is 0 Å². The number of hydrogen-bond donors (Lipinski definition) is 0. The van der Waals surface area contributed by atoms with E-state index in [1.807, 2.05) is 6.92 Å². The van der Waals surface area contributed by atoms with E-state index in [1.165, 1.54) is 13.8 Å². The summed E-state index contributed by atoms with van der Waals surface area (Å²) in [5, 5.41) is 10.9. The summed E-state index contributed by atoms with van der Waals surface area (Å²) in [7, 11) is 0. The SMILES string of the molecule is CCOCCCOC(C)(C)[O]. The summed E-state index contributed by atoms with van der Waals surface area (Å²) in [5.41, 5.74) is 0. The fourth-order valence-electron chi connectivity index (χ4n) is 0.623. The average Bonchev–Trinajstić information content (AvgIpc) is 1.85. The van der Waals surface area contributed by atoms with Crippen molar-refractivity contribution in [3.05, 3.63) is 0 Å². The Labute approximate surface area is 68.3 Å². The largest absolute Gasteiger partial charge is 0.382 e. The first-order chi connectivity index (χ1) is 5.06. The molecule has 0 aliphatic heterocycles. The zero-order valence-corrected chi connectivity index (χ0v) is 7.55. The Morgan fingerprint density at radius 1 is 1.27 bits per heavy atom. The molecule has 3 heteroatoms. The molecular formula is C8H17O3. The lowest BCUT2D eigenvalue weighted by atomic mass is 10.4. The maximum absolute atomic E-state index is 10.9. The standard InChI is InChI=1S/C8H17O3/c1-4-10-6-5-7-11-8(2,3)9/h4-7H2,1-3H3. The van der Waals surface area contributed by atoms with E-state index in [1.54, 1.807) is 0 Å². The van der Waals surface area contributed by atoms with Crippen molar-refractivity contribution in [2.24, 2.45) is 0 Å². The van der Waals surface area contributed by atoms with Crippen molar-refractivity contribution >= 4 is 0 Å². The first-order valence-electron chi connectivity index (χ1n) is 3.98. The van der Waals surface area contributed by atoms with Crippen molar-refractivity contribution in [3.63, 3.8) is 0 Å². The highest BCUT2D eigenvalue weighted by molar-refractivity contribution is 4.47. The van der Waals surface area contributed by atoms with Gasteiger partial charge in [0.1, 0.15) is 0 Å². The topological polar surface area (TPSA) is 38.4 Å². The number of rotatable bonds is 6. The Bertz CT molecular complexity index is 85.8. The van der Waals surface area contributed by atoms with Crippen LogP contribution in [0, 0.1) is 0 Å². The maximum atomic E-state index is 10.9. The van der Waals surface area contributed by atoms with E-state index < -0.39 is 5.79 Å². The van der Waals surface area contributed by atoms with E-state index in [0.29, 0.717) is 13.2 Å². The van der Waals surface area contributed by atoms with Gasteiger partial charge in [-0.05, 0) is 27.2 Å². The molecule has 0 heterocycles. The van der Waals surface area contributed by atoms with Gasteiger partial charge in [0.05, 0.1) is 6.61 Å². The normalized spacial score (nSPS) is 12.0. The fraction of sp³-hybridized carbons (Fsp3) is 1.00. The summed E-state index contributed by atoms with van der Waals surface area (Å²) in [5.74, 6) is -1.26. The molecule has 0 unspecified atom stereocenters. The van der Waals surface area contributed by atoms with Crippen LogP contribution in [0.4, 0.5) is 0 Å². The van der Waals surface area contributed by atoms with E-state index >= 15 is 0 Å². The quantitative estimate of drug-likeness (QED) is 0.438. The molecule has 0 N–H and O–H groups in total. The van der Waals surface area contributed by atoms with Gasteiger partial charge in [-0.15, -0.1) is 0 Å². The van der Waals surface area contributed by atoms with Crippen LogP contribution >= 0.6 is 0 Å². The molecule has 0 rings (SSSR count). The predicted molar refractivity (Wildman–Crippen MR) is 41.8 cm³/mol. The first-order valence-corrected chi connectivity index (χ1v) is 3.98. The lowest BCUT2D eigenvalue weighted by Gasteiger charge is -2.14. The lowest BCUT2D eigenvalue weighted by Crippen LogP contribution is -2.22. The minimum Gasteiger partial charge on any atom is -0.382 e. The third-order valence-electron chi connectivity index (χ3n) is 1.09. The van der Waals surface area contributed by atoms with Gasteiger partial charge in [-0.3, -0.25) is 0 Å². The van der Waals surface area contributed by atoms with Gasteiger partial charge in [-0.1, -0.05) is 0 Å². The van der Waals surface area contributed by atoms with Crippen LogP contribution in [0.2, 0.25) is 0 Å². The van der Waals surface area contributed by atoms with Crippen LogP contribution in [0.1, 0.15) is 27.2 Å². The van der Waals surface area contributed by atoms with E-state index in [9.17, 15) is 5.11 Å². The van der Waals surface area contributed by atoms with Gasteiger partial charge in [-0.2, -0.15) is 5.11 Å². The molecule has 0 saturated heterocycles. The molecule has 0 aliphatic rings. The molecule has 0 bridgehead atoms. The zero-order valence-electron chi connectivity index (χ0n) is 7.55. The van der Waals surface area contributed by atoms with Crippen molar-refractivity contribution in [1.29, 1.82) is 0 Å². The Morgan fingerprint density at radius 3 is 2.36 bits per heavy atom. The monoisotopic (exact) mass is 161 g/mol. The Hall–Kier alpha value is -0.120. The van der Waals surface area contributed by atoms with E-state index in [-0.39, 0.29) is 0 Å². The molecule has 0 amide bonds. The Kier molecular flexibility index (Phi) is 5.46. The van der Waals surface area contributed by atoms with Gasteiger partial charge in [0.2, 0.25) is 0 Å². The predicted octanol–water partition coefficient (Wildman–Crippen LogP) is 1.60. The minimum atomic E-state index is -1.26. The Balaban J connectivity index is 3.02. The molecule has 67 valence electrons. The molecule has 1 radical (unpaired) electrons. The molecule has 0 aromatic carbocycles. The fourth-order valence-corrected chi connectivity index (χ4v) is 0.623. The summed E-state index contributed by atoms with van der Waals surface area (Å²) in [6.45, 7) is 6.84. The molecule has 0 aromatic rings. The first kappa shape index (κ1) is 10.9. The molecule has 3 nitrogen and oxygen atoms in total. The minimum absolute atomic E-state index is 0.483. The third kappa shape index (κ3) is 9.88. The average molecular weight is 161 g/mol. The maximum Gasteiger partial charge on any atom is 0.196 e. The van der Waals surface area contributed by atoms with Crippen LogP contribution in [0.5, 0.6) is 0 Å². The molecule has 11 heavy (non-hydrogen) atoms. The van der Waals surface area contributed by atoms with Crippen molar-refractivity contribution in [1.82, 2.24) is 0 Å². The van der Waals surface area contributed by atoms with Gasteiger partial charge in [0, 0.05) is 13.2 Å². The van der Waals surface area contributed by atoms with Crippen LogP contribution < -0.4 is 0 Å². The highest BCUT2D eigenvalue weighted by atomic mass is 16.6. The number of hydrogen-bond acceptors (Lipinski definition) is 2. The molecule has 0 fully saturated rings. The second-order valence-corrected chi connectivity index (χ2v) is 2.80. The van der Waals surface area contributed by atoms with Crippen LogP contribution in [0.3, 0.4) is 0 Å². The molecule has 0 spiro atoms. The second kappa shape index (κ2) is 5.52. The molecule has 0 saturated carbocycles. The Morgan fingerprint density at radius 2 is 1.91 bits per heavy atom. The van der Waals surface area contributed by atoms with Gasteiger partial charge >= 0.3 is 0 Å². The van der Waals surface area contributed by atoms with Gasteiger partial charge in [0.25, 0.3) is 0 Å². The van der Waals surface area contributed by atoms with Crippen LogP contribution in [-0.2, 0) is 14.6 Å². The van der Waals surface area contributed by atoms with E-state index in [2.05, 4.69) is 0 Å². The van der Waals surface area contributed by atoms with E-state index in [0.717, 1.165) is 13.0 Å². The van der Waals surface area contributed by atoms with Crippen LogP contribution in [-0.4, -0.2) is 25.6 Å². The van der Waals surface area contributed by atoms with Crippen molar-refractivity contribution in [3.8, 4) is 0 Å².